The summed E-state index contributed by atoms with van der Waals surface area (Å²) in [6.07, 6.45) is 1.55. The molecule has 1 N–H and O–H groups in total. The number of aliphatic hydroxyl groups is 1. The monoisotopic (exact) mass is 432 g/mol. The Hall–Kier alpha value is -4.00. The summed E-state index contributed by atoms with van der Waals surface area (Å²) in [5.41, 5.74) is 1.33. The molecule has 1 atom stereocenters. The van der Waals surface area contributed by atoms with Crippen molar-refractivity contribution in [2.24, 2.45) is 0 Å². The molecular formula is C25H21FN2O4. The molecule has 32 heavy (non-hydrogen) atoms. The molecule has 1 amide bonds. The first kappa shape index (κ1) is 21.2. The maximum Gasteiger partial charge on any atom is 0.300 e. The number of benzene rings is 2. The maximum atomic E-state index is 13.7. The highest BCUT2D eigenvalue weighted by molar-refractivity contribution is 6.51. The summed E-state index contributed by atoms with van der Waals surface area (Å²) in [4.78, 5) is 31.8. The molecule has 1 fully saturated rings. The van der Waals surface area contributed by atoms with Gasteiger partial charge in [-0.15, -0.1) is 0 Å². The van der Waals surface area contributed by atoms with E-state index < -0.39 is 23.5 Å². The number of carbonyl (C=O) groups excluding carboxylic acids is 2. The van der Waals surface area contributed by atoms with E-state index in [2.05, 4.69) is 4.98 Å². The first-order valence-corrected chi connectivity index (χ1v) is 10.1. The molecule has 1 saturated heterocycles. The van der Waals surface area contributed by atoms with Crippen molar-refractivity contribution >= 4 is 23.1 Å². The van der Waals surface area contributed by atoms with Crippen LogP contribution in [0.25, 0.3) is 5.76 Å². The fourth-order valence-electron chi connectivity index (χ4n) is 3.73. The molecule has 6 nitrogen and oxygen atoms in total. The molecule has 2 aromatic carbocycles. The first-order chi connectivity index (χ1) is 15.4. The van der Waals surface area contributed by atoms with E-state index in [1.807, 2.05) is 6.92 Å². The second-order valence-electron chi connectivity index (χ2n) is 7.31. The van der Waals surface area contributed by atoms with Crippen LogP contribution < -0.4 is 9.64 Å². The summed E-state index contributed by atoms with van der Waals surface area (Å²) < 4.78 is 19.2. The largest absolute Gasteiger partial charge is 0.507 e. The van der Waals surface area contributed by atoms with Gasteiger partial charge in [0.15, 0.2) is 0 Å². The van der Waals surface area contributed by atoms with Gasteiger partial charge in [0.2, 0.25) is 0 Å². The number of ether oxygens (including phenoxy) is 1. The number of carbonyl (C=O) groups is 2. The van der Waals surface area contributed by atoms with Gasteiger partial charge in [0.05, 0.1) is 17.9 Å². The Balaban J connectivity index is 1.88. The second-order valence-corrected chi connectivity index (χ2v) is 7.31. The van der Waals surface area contributed by atoms with Crippen molar-refractivity contribution in [2.75, 3.05) is 11.5 Å². The molecule has 2 heterocycles. The lowest BCUT2D eigenvalue weighted by Gasteiger charge is -2.24. The van der Waals surface area contributed by atoms with Gasteiger partial charge in [-0.2, -0.15) is 0 Å². The Kier molecular flexibility index (Phi) is 5.73. The minimum atomic E-state index is -0.945. The van der Waals surface area contributed by atoms with Crippen LogP contribution in [0.5, 0.6) is 5.75 Å². The number of Topliss-reactive ketones (excluding diaryl/α,β-unsaturated/α-hetero) is 1. The molecule has 1 unspecified atom stereocenters. The highest BCUT2D eigenvalue weighted by Crippen LogP contribution is 2.41. The number of aliphatic hydroxyl groups excluding tert-OH is 1. The van der Waals surface area contributed by atoms with Crippen molar-refractivity contribution in [1.82, 2.24) is 4.98 Å². The third-order valence-corrected chi connectivity index (χ3v) is 5.27. The molecule has 4 rings (SSSR count). The third kappa shape index (κ3) is 3.73. The predicted octanol–water partition coefficient (Wildman–Crippen LogP) is 4.55. The lowest BCUT2D eigenvalue weighted by atomic mass is 9.97. The zero-order valence-corrected chi connectivity index (χ0v) is 17.6. The third-order valence-electron chi connectivity index (χ3n) is 5.27. The van der Waals surface area contributed by atoms with Crippen LogP contribution >= 0.6 is 0 Å². The number of nitrogens with zero attached hydrogens (tertiary/aromatic N) is 2. The van der Waals surface area contributed by atoms with Gasteiger partial charge in [0.25, 0.3) is 11.7 Å². The predicted molar refractivity (Wildman–Crippen MR) is 118 cm³/mol. The average Bonchev–Trinajstić information content (AvgIpc) is 3.07. The van der Waals surface area contributed by atoms with Crippen LogP contribution in [-0.4, -0.2) is 28.4 Å². The van der Waals surface area contributed by atoms with Gasteiger partial charge in [0, 0.05) is 17.4 Å². The van der Waals surface area contributed by atoms with Gasteiger partial charge in [0.1, 0.15) is 23.4 Å². The molecule has 0 aliphatic carbocycles. The lowest BCUT2D eigenvalue weighted by Crippen LogP contribution is -2.29. The van der Waals surface area contributed by atoms with Gasteiger partial charge in [-0.25, -0.2) is 4.39 Å². The number of rotatable bonds is 5. The van der Waals surface area contributed by atoms with Gasteiger partial charge >= 0.3 is 0 Å². The molecule has 1 aliphatic rings. The molecule has 7 heteroatoms. The van der Waals surface area contributed by atoms with E-state index in [0.29, 0.717) is 29.3 Å². The standard InChI is InChI=1S/C25H21FN2O4/c1-3-32-18-10-8-17(9-11-18)28-22(20-6-4-5-13-27-20)21(24(30)25(28)31)23(29)16-7-12-19(26)15(2)14-16/h4-14,22,29H,3H2,1-2H3/b23-21-. The number of hydrogen-bond donors (Lipinski definition) is 1. The zero-order valence-electron chi connectivity index (χ0n) is 17.6. The van der Waals surface area contributed by atoms with Crippen molar-refractivity contribution in [3.05, 3.63) is 95.1 Å². The van der Waals surface area contributed by atoms with Gasteiger partial charge in [-0.05, 0) is 74.0 Å². The van der Waals surface area contributed by atoms with Crippen molar-refractivity contribution in [2.45, 2.75) is 19.9 Å². The number of halogens is 1. The normalized spacial score (nSPS) is 17.6. The minimum Gasteiger partial charge on any atom is -0.507 e. The number of anilines is 1. The van der Waals surface area contributed by atoms with Crippen LogP contribution in [0.2, 0.25) is 0 Å². The molecule has 0 saturated carbocycles. The van der Waals surface area contributed by atoms with Crippen LogP contribution in [0.1, 0.15) is 29.8 Å². The molecule has 162 valence electrons. The van der Waals surface area contributed by atoms with E-state index in [9.17, 15) is 19.1 Å². The summed E-state index contributed by atoms with van der Waals surface area (Å²) in [5.74, 6) is -1.81. The van der Waals surface area contributed by atoms with E-state index in [1.165, 1.54) is 23.1 Å². The number of amides is 1. The Labute approximate surface area is 184 Å². The zero-order chi connectivity index (χ0) is 22.8. The number of ketones is 1. The van der Waals surface area contributed by atoms with E-state index in [-0.39, 0.29) is 16.9 Å². The van der Waals surface area contributed by atoms with Gasteiger partial charge < -0.3 is 9.84 Å². The number of aromatic nitrogens is 1. The van der Waals surface area contributed by atoms with E-state index in [0.717, 1.165) is 0 Å². The highest BCUT2D eigenvalue weighted by atomic mass is 19.1. The second kappa shape index (κ2) is 8.63. The van der Waals surface area contributed by atoms with Crippen LogP contribution in [0.3, 0.4) is 0 Å². The average molecular weight is 432 g/mol. The fourth-order valence-corrected chi connectivity index (χ4v) is 3.73. The highest BCUT2D eigenvalue weighted by Gasteiger charge is 2.47. The first-order valence-electron chi connectivity index (χ1n) is 10.1. The Morgan fingerprint density at radius 3 is 2.50 bits per heavy atom. The number of aryl methyl sites for hydroxylation is 1. The number of pyridine rings is 1. The molecular weight excluding hydrogens is 411 g/mol. The summed E-state index contributed by atoms with van der Waals surface area (Å²) in [6, 6.07) is 15.0. The van der Waals surface area contributed by atoms with E-state index >= 15 is 0 Å². The smallest absolute Gasteiger partial charge is 0.300 e. The van der Waals surface area contributed by atoms with E-state index in [4.69, 9.17) is 4.74 Å². The molecule has 3 aromatic rings. The molecule has 0 spiro atoms. The Morgan fingerprint density at radius 1 is 1.12 bits per heavy atom. The Bertz CT molecular complexity index is 1210. The summed E-state index contributed by atoms with van der Waals surface area (Å²) in [5, 5.41) is 11.0. The minimum absolute atomic E-state index is 0.103. The SMILES string of the molecule is CCOc1ccc(N2C(=O)C(=O)/C(=C(\O)c3ccc(F)c(C)c3)C2c2ccccn2)cc1. The lowest BCUT2D eigenvalue weighted by molar-refractivity contribution is -0.132. The van der Waals surface area contributed by atoms with Crippen molar-refractivity contribution < 1.29 is 23.8 Å². The van der Waals surface area contributed by atoms with Crippen molar-refractivity contribution in [3.63, 3.8) is 0 Å². The molecule has 0 bridgehead atoms. The summed E-state index contributed by atoms with van der Waals surface area (Å²) in [7, 11) is 0. The molecule has 1 aliphatic heterocycles. The summed E-state index contributed by atoms with van der Waals surface area (Å²) >= 11 is 0. The molecule has 1 aromatic heterocycles. The van der Waals surface area contributed by atoms with Crippen molar-refractivity contribution in [1.29, 1.82) is 0 Å². The Morgan fingerprint density at radius 2 is 1.88 bits per heavy atom. The molecule has 0 radical (unpaired) electrons. The number of hydrogen-bond acceptors (Lipinski definition) is 5. The fraction of sp³-hybridized carbons (Fsp3) is 0.160. The quantitative estimate of drug-likeness (QED) is 0.363. The van der Waals surface area contributed by atoms with Crippen LogP contribution in [0.4, 0.5) is 10.1 Å². The maximum absolute atomic E-state index is 13.7. The van der Waals surface area contributed by atoms with Crippen LogP contribution in [-0.2, 0) is 9.59 Å². The van der Waals surface area contributed by atoms with Gasteiger partial charge in [-0.1, -0.05) is 6.07 Å². The van der Waals surface area contributed by atoms with Gasteiger partial charge in [-0.3, -0.25) is 19.5 Å². The van der Waals surface area contributed by atoms with E-state index in [1.54, 1.807) is 55.6 Å². The van der Waals surface area contributed by atoms with Crippen LogP contribution in [0.15, 0.2) is 72.4 Å². The summed E-state index contributed by atoms with van der Waals surface area (Å²) in [6.45, 7) is 3.92. The van der Waals surface area contributed by atoms with Crippen molar-refractivity contribution in [3.8, 4) is 5.75 Å². The topological polar surface area (TPSA) is 79.7 Å². The van der Waals surface area contributed by atoms with Crippen LogP contribution in [0, 0.1) is 12.7 Å².